The first-order valence-corrected chi connectivity index (χ1v) is 11.4. The molecule has 1 aliphatic rings. The molecule has 1 atom stereocenters. The van der Waals surface area contributed by atoms with Crippen LogP contribution >= 0.6 is 0 Å². The molecule has 0 aliphatic carbocycles. The Kier molecular flexibility index (Phi) is 9.95. The van der Waals surface area contributed by atoms with Gasteiger partial charge in [-0.3, -0.25) is 4.99 Å². The van der Waals surface area contributed by atoms with Crippen LogP contribution in [0.25, 0.3) is 0 Å². The molecule has 1 saturated heterocycles. The van der Waals surface area contributed by atoms with Gasteiger partial charge in [0.1, 0.15) is 0 Å². The second-order valence-corrected chi connectivity index (χ2v) is 8.35. The number of aliphatic imine (C=N–C) groups is 1. The SMILES string of the molecule is CCN(CC)CCCC(C)NC(=NC)NCC1(c2ccccc2C)CCOCC1. The Morgan fingerprint density at radius 3 is 2.52 bits per heavy atom. The van der Waals surface area contributed by atoms with E-state index in [2.05, 4.69) is 72.5 Å². The molecular weight excluding hydrogens is 360 g/mol. The lowest BCUT2D eigenvalue weighted by Crippen LogP contribution is -2.50. The molecule has 0 amide bonds. The van der Waals surface area contributed by atoms with Crippen molar-refractivity contribution in [3.63, 3.8) is 0 Å². The molecule has 1 aromatic rings. The minimum atomic E-state index is 0.104. The van der Waals surface area contributed by atoms with Crippen LogP contribution in [0, 0.1) is 6.92 Å². The number of rotatable bonds is 10. The molecule has 2 N–H and O–H groups in total. The van der Waals surface area contributed by atoms with Gasteiger partial charge in [0.05, 0.1) is 0 Å². The Balaban J connectivity index is 1.93. The van der Waals surface area contributed by atoms with Crippen molar-refractivity contribution in [2.75, 3.05) is 46.4 Å². The quantitative estimate of drug-likeness (QED) is 0.463. The van der Waals surface area contributed by atoms with Crippen molar-refractivity contribution >= 4 is 5.96 Å². The van der Waals surface area contributed by atoms with Crippen molar-refractivity contribution in [1.29, 1.82) is 0 Å². The van der Waals surface area contributed by atoms with E-state index in [9.17, 15) is 0 Å². The minimum Gasteiger partial charge on any atom is -0.381 e. The summed E-state index contributed by atoms with van der Waals surface area (Å²) in [7, 11) is 1.86. The maximum atomic E-state index is 5.69. The molecule has 5 nitrogen and oxygen atoms in total. The molecule has 2 rings (SSSR count). The summed E-state index contributed by atoms with van der Waals surface area (Å²) >= 11 is 0. The minimum absolute atomic E-state index is 0.104. The van der Waals surface area contributed by atoms with Gasteiger partial charge in [-0.2, -0.15) is 0 Å². The number of nitrogens with zero attached hydrogens (tertiary/aromatic N) is 2. The third kappa shape index (κ3) is 7.00. The first-order chi connectivity index (χ1) is 14.0. The van der Waals surface area contributed by atoms with E-state index in [0.29, 0.717) is 6.04 Å². The second kappa shape index (κ2) is 12.2. The van der Waals surface area contributed by atoms with Crippen LogP contribution in [-0.2, 0) is 10.2 Å². The van der Waals surface area contributed by atoms with Gasteiger partial charge < -0.3 is 20.3 Å². The van der Waals surface area contributed by atoms with Crippen LogP contribution in [0.4, 0.5) is 0 Å². The Hall–Kier alpha value is -1.59. The van der Waals surface area contributed by atoms with Gasteiger partial charge >= 0.3 is 0 Å². The molecule has 5 heteroatoms. The molecule has 164 valence electrons. The van der Waals surface area contributed by atoms with Crippen molar-refractivity contribution < 1.29 is 4.74 Å². The lowest BCUT2D eigenvalue weighted by molar-refractivity contribution is 0.0511. The predicted octanol–water partition coefficient (Wildman–Crippen LogP) is 3.72. The van der Waals surface area contributed by atoms with Crippen LogP contribution in [0.1, 0.15) is 57.6 Å². The zero-order valence-electron chi connectivity index (χ0n) is 19.3. The largest absolute Gasteiger partial charge is 0.381 e. The highest BCUT2D eigenvalue weighted by Crippen LogP contribution is 2.36. The molecule has 29 heavy (non-hydrogen) atoms. The molecule has 0 radical (unpaired) electrons. The number of guanidine groups is 1. The lowest BCUT2D eigenvalue weighted by atomic mass is 9.72. The summed E-state index contributed by atoms with van der Waals surface area (Å²) in [5.74, 6) is 0.903. The first-order valence-electron chi connectivity index (χ1n) is 11.4. The van der Waals surface area contributed by atoms with Gasteiger partial charge in [-0.05, 0) is 70.3 Å². The first kappa shape index (κ1) is 23.7. The number of aryl methyl sites for hydroxylation is 1. The lowest BCUT2D eigenvalue weighted by Gasteiger charge is -2.39. The van der Waals surface area contributed by atoms with Gasteiger partial charge in [0.2, 0.25) is 0 Å². The molecule has 1 unspecified atom stereocenters. The fourth-order valence-corrected chi connectivity index (χ4v) is 4.39. The number of hydrogen-bond donors (Lipinski definition) is 2. The second-order valence-electron chi connectivity index (χ2n) is 8.35. The monoisotopic (exact) mass is 402 g/mol. The zero-order valence-corrected chi connectivity index (χ0v) is 19.3. The molecule has 0 aromatic heterocycles. The molecule has 0 bridgehead atoms. The summed E-state index contributed by atoms with van der Waals surface area (Å²) in [6.45, 7) is 14.9. The summed E-state index contributed by atoms with van der Waals surface area (Å²) in [5, 5.41) is 7.22. The highest BCUT2D eigenvalue weighted by Gasteiger charge is 2.35. The Labute approximate surface area is 178 Å². The fraction of sp³-hybridized carbons (Fsp3) is 0.708. The van der Waals surface area contributed by atoms with Crippen LogP contribution < -0.4 is 10.6 Å². The summed E-state index contributed by atoms with van der Waals surface area (Å²) in [5.41, 5.74) is 2.91. The summed E-state index contributed by atoms with van der Waals surface area (Å²) in [6, 6.07) is 9.19. The summed E-state index contributed by atoms with van der Waals surface area (Å²) in [6.07, 6.45) is 4.44. The zero-order chi connectivity index (χ0) is 21.1. The Morgan fingerprint density at radius 2 is 1.90 bits per heavy atom. The summed E-state index contributed by atoms with van der Waals surface area (Å²) < 4.78 is 5.69. The van der Waals surface area contributed by atoms with E-state index in [1.807, 2.05) is 7.05 Å². The smallest absolute Gasteiger partial charge is 0.191 e. The molecule has 0 saturated carbocycles. The van der Waals surface area contributed by atoms with Gasteiger partial charge in [-0.25, -0.2) is 0 Å². The van der Waals surface area contributed by atoms with Crippen molar-refractivity contribution in [1.82, 2.24) is 15.5 Å². The van der Waals surface area contributed by atoms with Crippen molar-refractivity contribution in [2.45, 2.75) is 64.8 Å². The Morgan fingerprint density at radius 1 is 1.21 bits per heavy atom. The van der Waals surface area contributed by atoms with Crippen LogP contribution in [0.3, 0.4) is 0 Å². The van der Waals surface area contributed by atoms with E-state index in [0.717, 1.165) is 58.1 Å². The molecule has 1 fully saturated rings. The number of nitrogens with one attached hydrogen (secondary N) is 2. The van der Waals surface area contributed by atoms with E-state index in [-0.39, 0.29) is 5.41 Å². The van der Waals surface area contributed by atoms with Crippen molar-refractivity contribution in [3.8, 4) is 0 Å². The van der Waals surface area contributed by atoms with Crippen molar-refractivity contribution in [3.05, 3.63) is 35.4 Å². The fourth-order valence-electron chi connectivity index (χ4n) is 4.39. The molecule has 1 heterocycles. The van der Waals surface area contributed by atoms with E-state index < -0.39 is 0 Å². The van der Waals surface area contributed by atoms with Crippen molar-refractivity contribution in [2.24, 2.45) is 4.99 Å². The number of ether oxygens (including phenoxy) is 1. The topological polar surface area (TPSA) is 48.9 Å². The molecular formula is C24H42N4O. The normalized spacial score (nSPS) is 17.9. The number of benzene rings is 1. The number of hydrogen-bond acceptors (Lipinski definition) is 3. The molecule has 0 spiro atoms. The van der Waals surface area contributed by atoms with Crippen LogP contribution in [0.15, 0.2) is 29.3 Å². The molecule has 1 aromatic carbocycles. The van der Waals surface area contributed by atoms with E-state index in [1.54, 1.807) is 0 Å². The maximum Gasteiger partial charge on any atom is 0.191 e. The van der Waals surface area contributed by atoms with E-state index in [4.69, 9.17) is 4.74 Å². The third-order valence-corrected chi connectivity index (χ3v) is 6.37. The average Bonchev–Trinajstić information content (AvgIpc) is 2.75. The Bertz CT molecular complexity index is 621. The van der Waals surface area contributed by atoms with E-state index in [1.165, 1.54) is 24.1 Å². The summed E-state index contributed by atoms with van der Waals surface area (Å²) in [4.78, 5) is 6.97. The average molecular weight is 403 g/mol. The maximum absolute atomic E-state index is 5.69. The van der Waals surface area contributed by atoms with Crippen LogP contribution in [-0.4, -0.2) is 63.3 Å². The van der Waals surface area contributed by atoms with Gasteiger partial charge in [0.15, 0.2) is 5.96 Å². The predicted molar refractivity (Wildman–Crippen MR) is 124 cm³/mol. The van der Waals surface area contributed by atoms with Crippen LogP contribution in [0.2, 0.25) is 0 Å². The van der Waals surface area contributed by atoms with Gasteiger partial charge in [-0.15, -0.1) is 0 Å². The van der Waals surface area contributed by atoms with Gasteiger partial charge in [0, 0.05) is 38.3 Å². The third-order valence-electron chi connectivity index (χ3n) is 6.37. The van der Waals surface area contributed by atoms with Crippen LogP contribution in [0.5, 0.6) is 0 Å². The van der Waals surface area contributed by atoms with Gasteiger partial charge in [-0.1, -0.05) is 38.1 Å². The highest BCUT2D eigenvalue weighted by atomic mass is 16.5. The highest BCUT2D eigenvalue weighted by molar-refractivity contribution is 5.80. The standard InChI is InChI=1S/C24H42N4O/c1-6-28(7-2)16-10-12-21(4)27-23(25-5)26-19-24(14-17-29-18-15-24)22-13-9-8-11-20(22)3/h8-9,11,13,21H,6-7,10,12,14-19H2,1-5H3,(H2,25,26,27). The van der Waals surface area contributed by atoms with E-state index >= 15 is 0 Å². The molecule has 1 aliphatic heterocycles. The van der Waals surface area contributed by atoms with Gasteiger partial charge in [0.25, 0.3) is 0 Å².